The van der Waals surface area contributed by atoms with Crippen LogP contribution in [0.15, 0.2) is 109 Å². The number of aryl methyl sites for hydroxylation is 1. The Kier molecular flexibility index (Phi) is 6.68. The lowest BCUT2D eigenvalue weighted by Gasteiger charge is -2.27. The Morgan fingerprint density at radius 3 is 1.62 bits per heavy atom. The maximum absolute atomic E-state index is 13.5. The first-order valence-corrected chi connectivity index (χ1v) is 12.6. The lowest BCUT2D eigenvalue weighted by atomic mass is 10.2. The zero-order valence-corrected chi connectivity index (χ0v) is 19.3. The average molecular weight is 441 g/mol. The van der Waals surface area contributed by atoms with Crippen molar-refractivity contribution in [3.05, 3.63) is 115 Å². The third-order valence-corrected chi connectivity index (χ3v) is 9.98. The van der Waals surface area contributed by atoms with Crippen LogP contribution in [0.2, 0.25) is 0 Å². The lowest BCUT2D eigenvalue weighted by Crippen LogP contribution is -2.37. The van der Waals surface area contributed by atoms with Gasteiger partial charge in [0.05, 0.1) is 7.11 Å². The molecule has 0 aromatic heterocycles. The van der Waals surface area contributed by atoms with Crippen molar-refractivity contribution >= 4 is 34.8 Å². The highest BCUT2D eigenvalue weighted by Crippen LogP contribution is 2.55. The molecule has 0 unspecified atom stereocenters. The average Bonchev–Trinajstić information content (AvgIpc) is 2.85. The minimum atomic E-state index is -2.21. The summed E-state index contributed by atoms with van der Waals surface area (Å²) in [6.45, 7) is 1.98. The third-order valence-electron chi connectivity index (χ3n) is 5.68. The van der Waals surface area contributed by atoms with Gasteiger partial charge in [-0.15, -0.1) is 0 Å². The Labute approximate surface area is 190 Å². The summed E-state index contributed by atoms with van der Waals surface area (Å²) >= 11 is 0. The van der Waals surface area contributed by atoms with E-state index in [1.165, 1.54) is 15.9 Å². The molecule has 0 aliphatic rings. The van der Waals surface area contributed by atoms with Gasteiger partial charge in [-0.2, -0.15) is 0 Å². The molecule has 3 nitrogen and oxygen atoms in total. The van der Waals surface area contributed by atoms with Crippen LogP contribution in [-0.4, -0.2) is 19.2 Å². The van der Waals surface area contributed by atoms with Crippen LogP contribution in [0.1, 0.15) is 5.56 Å². The second kappa shape index (κ2) is 9.80. The molecule has 1 N–H and O–H groups in total. The molecule has 0 saturated carbocycles. The molecule has 160 valence electrons. The van der Waals surface area contributed by atoms with Gasteiger partial charge >= 0.3 is 0 Å². The Morgan fingerprint density at radius 1 is 0.750 bits per heavy atom. The Balaban J connectivity index is 1.80. The number of methoxy groups -OCH3 is 1. The predicted octanol–water partition coefficient (Wildman–Crippen LogP) is 4.94. The van der Waals surface area contributed by atoms with Gasteiger partial charge in [0.1, 0.15) is 28.9 Å². The van der Waals surface area contributed by atoms with E-state index in [1.807, 2.05) is 43.3 Å². The highest BCUT2D eigenvalue weighted by molar-refractivity contribution is 7.96. The highest BCUT2D eigenvalue weighted by Gasteiger charge is 2.47. The standard InChI is InChI=1S/C28H26NO2P/c1-22-20-23(31-2)18-19-27(22)29-28(30)21-32(24-12-6-3-7-13-24,25-14-8-4-9-15-25)26-16-10-5-11-17-26/h3-20H,21H2,1-2H3/p+1. The number of ether oxygens (including phenoxy) is 1. The van der Waals surface area contributed by atoms with Crippen molar-refractivity contribution in [3.8, 4) is 5.75 Å². The van der Waals surface area contributed by atoms with Crippen molar-refractivity contribution < 1.29 is 9.53 Å². The minimum absolute atomic E-state index is 0.00293. The van der Waals surface area contributed by atoms with Crippen molar-refractivity contribution in [3.63, 3.8) is 0 Å². The van der Waals surface area contributed by atoms with E-state index in [0.717, 1.165) is 17.0 Å². The van der Waals surface area contributed by atoms with Gasteiger partial charge in [-0.25, -0.2) is 0 Å². The van der Waals surface area contributed by atoms with Crippen molar-refractivity contribution in [2.75, 3.05) is 18.6 Å². The molecule has 1 amide bonds. The molecule has 0 aliphatic carbocycles. The van der Waals surface area contributed by atoms with Crippen LogP contribution in [0.25, 0.3) is 0 Å². The second-order valence-corrected chi connectivity index (χ2v) is 11.2. The molecule has 32 heavy (non-hydrogen) atoms. The summed E-state index contributed by atoms with van der Waals surface area (Å²) in [6.07, 6.45) is 0.385. The molecule has 4 rings (SSSR count). The van der Waals surface area contributed by atoms with Crippen molar-refractivity contribution in [1.82, 2.24) is 0 Å². The smallest absolute Gasteiger partial charge is 0.263 e. The number of carbonyl (C=O) groups is 1. The molecule has 0 aliphatic heterocycles. The van der Waals surface area contributed by atoms with E-state index in [2.05, 4.69) is 78.1 Å². The third kappa shape index (κ3) is 4.44. The van der Waals surface area contributed by atoms with Crippen LogP contribution in [0.3, 0.4) is 0 Å². The van der Waals surface area contributed by atoms with Crippen LogP contribution < -0.4 is 26.0 Å². The molecule has 0 heterocycles. The molecule has 0 spiro atoms. The van der Waals surface area contributed by atoms with E-state index < -0.39 is 7.26 Å². The summed E-state index contributed by atoms with van der Waals surface area (Å²) in [6, 6.07) is 37.0. The summed E-state index contributed by atoms with van der Waals surface area (Å²) in [4.78, 5) is 13.5. The topological polar surface area (TPSA) is 38.3 Å². The summed E-state index contributed by atoms with van der Waals surface area (Å²) in [5.74, 6) is 0.781. The van der Waals surface area contributed by atoms with Gasteiger partial charge in [0, 0.05) is 5.69 Å². The molecular formula is C28H27NO2P+. The number of hydrogen-bond acceptors (Lipinski definition) is 2. The van der Waals surface area contributed by atoms with Crippen LogP contribution in [0, 0.1) is 6.92 Å². The monoisotopic (exact) mass is 440 g/mol. The van der Waals surface area contributed by atoms with Crippen molar-refractivity contribution in [2.24, 2.45) is 0 Å². The van der Waals surface area contributed by atoms with E-state index in [0.29, 0.717) is 6.16 Å². The fourth-order valence-electron chi connectivity index (χ4n) is 4.08. The highest BCUT2D eigenvalue weighted by atomic mass is 31.2. The molecule has 4 heteroatoms. The van der Waals surface area contributed by atoms with Crippen LogP contribution in [-0.2, 0) is 4.79 Å². The van der Waals surface area contributed by atoms with Crippen molar-refractivity contribution in [2.45, 2.75) is 6.92 Å². The van der Waals surface area contributed by atoms with E-state index in [-0.39, 0.29) is 5.91 Å². The second-order valence-electron chi connectivity index (χ2n) is 7.70. The first kappa shape index (κ1) is 21.8. The number of amides is 1. The normalized spacial score (nSPS) is 11.1. The first-order chi connectivity index (χ1) is 15.6. The summed E-state index contributed by atoms with van der Waals surface area (Å²) in [7, 11) is -0.569. The number of rotatable bonds is 7. The Morgan fingerprint density at radius 2 is 1.22 bits per heavy atom. The van der Waals surface area contributed by atoms with E-state index in [9.17, 15) is 4.79 Å². The van der Waals surface area contributed by atoms with E-state index in [4.69, 9.17) is 4.74 Å². The molecular weight excluding hydrogens is 413 g/mol. The molecule has 0 fully saturated rings. The summed E-state index contributed by atoms with van der Waals surface area (Å²) < 4.78 is 5.30. The largest absolute Gasteiger partial charge is 0.497 e. The number of anilines is 1. The van der Waals surface area contributed by atoms with Gasteiger partial charge < -0.3 is 10.1 Å². The summed E-state index contributed by atoms with van der Waals surface area (Å²) in [5.41, 5.74) is 1.78. The number of carbonyl (C=O) groups excluding carboxylic acids is 1. The zero-order chi connectivity index (χ0) is 22.4. The SMILES string of the molecule is COc1ccc(NC(=O)C[P+](c2ccccc2)(c2ccccc2)c2ccccc2)c(C)c1. The van der Waals surface area contributed by atoms with E-state index in [1.54, 1.807) is 7.11 Å². The lowest BCUT2D eigenvalue weighted by molar-refractivity contribution is -0.113. The Hall–Kier alpha value is -3.42. The predicted molar refractivity (Wildman–Crippen MR) is 136 cm³/mol. The number of hydrogen-bond donors (Lipinski definition) is 1. The van der Waals surface area contributed by atoms with Gasteiger partial charge in [-0.1, -0.05) is 54.6 Å². The van der Waals surface area contributed by atoms with Gasteiger partial charge in [-0.3, -0.25) is 4.79 Å². The zero-order valence-electron chi connectivity index (χ0n) is 18.4. The molecule has 0 saturated heterocycles. The van der Waals surface area contributed by atoms with Gasteiger partial charge in [0.15, 0.2) is 6.16 Å². The quantitative estimate of drug-likeness (QED) is 0.414. The fraction of sp³-hybridized carbons (Fsp3) is 0.107. The number of benzene rings is 4. The van der Waals surface area contributed by atoms with E-state index >= 15 is 0 Å². The summed E-state index contributed by atoms with van der Waals surface area (Å²) in [5, 5.41) is 6.74. The number of nitrogens with one attached hydrogen (secondary N) is 1. The molecule has 0 bridgehead atoms. The molecule has 4 aromatic carbocycles. The fourth-order valence-corrected chi connectivity index (χ4v) is 8.07. The molecule has 4 aromatic rings. The van der Waals surface area contributed by atoms with Crippen molar-refractivity contribution in [1.29, 1.82) is 0 Å². The van der Waals surface area contributed by atoms with Crippen LogP contribution >= 0.6 is 7.26 Å². The molecule has 0 radical (unpaired) electrons. The van der Waals surface area contributed by atoms with Crippen LogP contribution in [0.4, 0.5) is 5.69 Å². The maximum atomic E-state index is 13.5. The van der Waals surface area contributed by atoms with Gasteiger partial charge in [0.2, 0.25) is 0 Å². The molecule has 0 atom stereocenters. The van der Waals surface area contributed by atoms with Gasteiger partial charge in [0.25, 0.3) is 5.91 Å². The maximum Gasteiger partial charge on any atom is 0.263 e. The minimum Gasteiger partial charge on any atom is -0.497 e. The van der Waals surface area contributed by atoms with Gasteiger partial charge in [-0.05, 0) is 67.1 Å². The first-order valence-electron chi connectivity index (χ1n) is 10.6. The van der Waals surface area contributed by atoms with Crippen LogP contribution in [0.5, 0.6) is 5.75 Å². The Bertz CT molecular complexity index is 1080.